The molecule has 0 radical (unpaired) electrons. The maximum absolute atomic E-state index is 12.1. The quantitative estimate of drug-likeness (QED) is 0.869. The van der Waals surface area contributed by atoms with Crippen molar-refractivity contribution < 1.29 is 9.53 Å². The summed E-state index contributed by atoms with van der Waals surface area (Å²) in [5, 5.41) is 2.96. The van der Waals surface area contributed by atoms with Gasteiger partial charge >= 0.3 is 0 Å². The van der Waals surface area contributed by atoms with Crippen LogP contribution >= 0.6 is 0 Å². The Morgan fingerprint density at radius 2 is 2.11 bits per heavy atom. The van der Waals surface area contributed by atoms with Crippen LogP contribution in [-0.4, -0.2) is 24.7 Å². The second-order valence-electron chi connectivity index (χ2n) is 5.50. The predicted octanol–water partition coefficient (Wildman–Crippen LogP) is 1.69. The summed E-state index contributed by atoms with van der Waals surface area (Å²) in [6.07, 6.45) is 3.52. The topological polar surface area (TPSA) is 64.3 Å². The van der Waals surface area contributed by atoms with Gasteiger partial charge in [0.05, 0.1) is 6.10 Å². The van der Waals surface area contributed by atoms with Crippen LogP contribution in [0.2, 0.25) is 0 Å². The number of carbonyl (C=O) groups excluding carboxylic acids is 1. The molecule has 0 bridgehead atoms. The summed E-state index contributed by atoms with van der Waals surface area (Å²) in [7, 11) is 0. The lowest BCUT2D eigenvalue weighted by molar-refractivity contribution is -0.138. The van der Waals surface area contributed by atoms with Crippen molar-refractivity contribution in [2.24, 2.45) is 11.7 Å². The van der Waals surface area contributed by atoms with Gasteiger partial charge in [0.25, 0.3) is 5.91 Å². The van der Waals surface area contributed by atoms with Gasteiger partial charge in [0.1, 0.15) is 6.10 Å². The molecule has 4 nitrogen and oxygen atoms in total. The third-order valence-electron chi connectivity index (χ3n) is 4.13. The molecule has 1 saturated carbocycles. The highest BCUT2D eigenvalue weighted by Crippen LogP contribution is 2.32. The van der Waals surface area contributed by atoms with Gasteiger partial charge in [-0.05, 0) is 49.8 Å². The number of anilines is 1. The number of fused-ring (bicyclic) bond motifs is 1. The molecule has 0 aromatic heterocycles. The molecule has 1 amide bonds. The molecule has 1 aromatic carbocycles. The van der Waals surface area contributed by atoms with Crippen LogP contribution < -0.4 is 11.1 Å². The first-order chi connectivity index (χ1) is 9.26. The maximum Gasteiger partial charge on any atom is 0.253 e. The van der Waals surface area contributed by atoms with Gasteiger partial charge in [-0.1, -0.05) is 18.2 Å². The Kier molecular flexibility index (Phi) is 3.53. The van der Waals surface area contributed by atoms with Gasteiger partial charge in [-0.25, -0.2) is 0 Å². The monoisotopic (exact) mass is 260 g/mol. The SMILES string of the molecule is NCC1CC(OC2CCc3ccccc3NC2=O)C1. The molecule has 0 saturated heterocycles. The first-order valence-corrected chi connectivity index (χ1v) is 7.00. The zero-order valence-corrected chi connectivity index (χ0v) is 11.0. The molecule has 1 fully saturated rings. The lowest BCUT2D eigenvalue weighted by atomic mass is 9.82. The molecule has 1 unspecified atom stereocenters. The summed E-state index contributed by atoms with van der Waals surface area (Å²) in [4.78, 5) is 12.1. The highest BCUT2D eigenvalue weighted by Gasteiger charge is 2.33. The van der Waals surface area contributed by atoms with Crippen LogP contribution in [0.15, 0.2) is 24.3 Å². The number of hydrogen-bond acceptors (Lipinski definition) is 3. The number of carbonyl (C=O) groups is 1. The van der Waals surface area contributed by atoms with E-state index >= 15 is 0 Å². The zero-order chi connectivity index (χ0) is 13.2. The van der Waals surface area contributed by atoms with Crippen molar-refractivity contribution in [1.82, 2.24) is 0 Å². The van der Waals surface area contributed by atoms with Crippen LogP contribution in [0.5, 0.6) is 0 Å². The van der Waals surface area contributed by atoms with Crippen molar-refractivity contribution >= 4 is 11.6 Å². The Hall–Kier alpha value is -1.39. The van der Waals surface area contributed by atoms with E-state index in [0.29, 0.717) is 5.92 Å². The van der Waals surface area contributed by atoms with Crippen LogP contribution in [0.4, 0.5) is 5.69 Å². The average molecular weight is 260 g/mol. The van der Waals surface area contributed by atoms with Crippen LogP contribution in [0, 0.1) is 5.92 Å². The fourth-order valence-corrected chi connectivity index (χ4v) is 2.83. The van der Waals surface area contributed by atoms with E-state index in [-0.39, 0.29) is 18.1 Å². The molecule has 1 aromatic rings. The molecule has 1 aliphatic heterocycles. The van der Waals surface area contributed by atoms with Crippen LogP contribution in [0.25, 0.3) is 0 Å². The number of nitrogens with one attached hydrogen (secondary N) is 1. The number of para-hydroxylation sites is 1. The Morgan fingerprint density at radius 3 is 2.89 bits per heavy atom. The molecule has 2 aliphatic rings. The summed E-state index contributed by atoms with van der Waals surface area (Å²) in [5.74, 6) is 0.567. The molecular formula is C15H20N2O2. The van der Waals surface area contributed by atoms with Crippen molar-refractivity contribution in [2.45, 2.75) is 37.9 Å². The molecule has 1 heterocycles. The Bertz CT molecular complexity index is 469. The van der Waals surface area contributed by atoms with Gasteiger partial charge in [0, 0.05) is 5.69 Å². The molecule has 3 N–H and O–H groups in total. The van der Waals surface area contributed by atoms with Gasteiger partial charge in [-0.2, -0.15) is 0 Å². The largest absolute Gasteiger partial charge is 0.365 e. The number of nitrogens with two attached hydrogens (primary N) is 1. The number of ether oxygens (including phenoxy) is 1. The van der Waals surface area contributed by atoms with Crippen molar-refractivity contribution in [3.63, 3.8) is 0 Å². The number of amides is 1. The van der Waals surface area contributed by atoms with Crippen LogP contribution in [0.1, 0.15) is 24.8 Å². The molecule has 102 valence electrons. The second kappa shape index (κ2) is 5.31. The predicted molar refractivity (Wildman–Crippen MR) is 73.8 cm³/mol. The number of aryl methyl sites for hydroxylation is 1. The lowest BCUT2D eigenvalue weighted by Gasteiger charge is -2.36. The number of benzene rings is 1. The highest BCUT2D eigenvalue weighted by molar-refractivity contribution is 5.95. The summed E-state index contributed by atoms with van der Waals surface area (Å²) in [6, 6.07) is 7.96. The summed E-state index contributed by atoms with van der Waals surface area (Å²) in [5.41, 5.74) is 7.72. The summed E-state index contributed by atoms with van der Waals surface area (Å²) >= 11 is 0. The van der Waals surface area contributed by atoms with Gasteiger partial charge < -0.3 is 15.8 Å². The molecule has 1 aliphatic carbocycles. The fourth-order valence-electron chi connectivity index (χ4n) is 2.83. The number of rotatable bonds is 3. The van der Waals surface area contributed by atoms with Crippen LogP contribution in [-0.2, 0) is 16.0 Å². The Balaban J connectivity index is 1.62. The van der Waals surface area contributed by atoms with Gasteiger partial charge in [0.15, 0.2) is 0 Å². The minimum Gasteiger partial charge on any atom is -0.365 e. The third kappa shape index (κ3) is 2.65. The van der Waals surface area contributed by atoms with Crippen molar-refractivity contribution in [3.8, 4) is 0 Å². The molecular weight excluding hydrogens is 240 g/mol. The van der Waals surface area contributed by atoms with E-state index < -0.39 is 0 Å². The molecule has 4 heteroatoms. The first-order valence-electron chi connectivity index (χ1n) is 7.00. The van der Waals surface area contributed by atoms with Crippen molar-refractivity contribution in [2.75, 3.05) is 11.9 Å². The van der Waals surface area contributed by atoms with Crippen LogP contribution in [0.3, 0.4) is 0 Å². The second-order valence-corrected chi connectivity index (χ2v) is 5.50. The van der Waals surface area contributed by atoms with E-state index in [4.69, 9.17) is 10.5 Å². The van der Waals surface area contributed by atoms with E-state index in [9.17, 15) is 4.79 Å². The van der Waals surface area contributed by atoms with E-state index in [1.807, 2.05) is 18.2 Å². The minimum absolute atomic E-state index is 0.0128. The lowest BCUT2D eigenvalue weighted by Crippen LogP contribution is -2.41. The maximum atomic E-state index is 12.1. The molecule has 0 spiro atoms. The Labute approximate surface area is 113 Å². The summed E-state index contributed by atoms with van der Waals surface area (Å²) in [6.45, 7) is 0.724. The van der Waals surface area contributed by atoms with Gasteiger partial charge in [-0.3, -0.25) is 4.79 Å². The molecule has 1 atom stereocenters. The zero-order valence-electron chi connectivity index (χ0n) is 11.0. The Morgan fingerprint density at radius 1 is 1.32 bits per heavy atom. The molecule has 3 rings (SSSR count). The number of hydrogen-bond donors (Lipinski definition) is 2. The smallest absolute Gasteiger partial charge is 0.253 e. The van der Waals surface area contributed by atoms with Gasteiger partial charge in [0.2, 0.25) is 0 Å². The van der Waals surface area contributed by atoms with E-state index in [1.165, 1.54) is 5.56 Å². The standard InChI is InChI=1S/C15H20N2O2/c16-9-10-7-12(8-10)19-14-6-5-11-3-1-2-4-13(11)17-15(14)18/h1-4,10,12,14H,5-9,16H2,(H,17,18). The minimum atomic E-state index is -0.323. The summed E-state index contributed by atoms with van der Waals surface area (Å²) < 4.78 is 5.92. The normalized spacial score (nSPS) is 29.9. The third-order valence-corrected chi connectivity index (χ3v) is 4.13. The van der Waals surface area contributed by atoms with E-state index in [2.05, 4.69) is 11.4 Å². The average Bonchev–Trinajstić information content (AvgIpc) is 2.52. The van der Waals surface area contributed by atoms with Crippen molar-refractivity contribution in [3.05, 3.63) is 29.8 Å². The molecule has 19 heavy (non-hydrogen) atoms. The van der Waals surface area contributed by atoms with E-state index in [1.54, 1.807) is 0 Å². The van der Waals surface area contributed by atoms with Crippen molar-refractivity contribution in [1.29, 1.82) is 0 Å². The van der Waals surface area contributed by atoms with Gasteiger partial charge in [-0.15, -0.1) is 0 Å². The fraction of sp³-hybridized carbons (Fsp3) is 0.533. The highest BCUT2D eigenvalue weighted by atomic mass is 16.5. The first kappa shape index (κ1) is 12.6. The van der Waals surface area contributed by atoms with E-state index in [0.717, 1.165) is 37.9 Å².